The molecule has 1 fully saturated rings. The van der Waals surface area contributed by atoms with Crippen molar-refractivity contribution in [2.45, 2.75) is 19.0 Å². The highest BCUT2D eigenvalue weighted by molar-refractivity contribution is 6.02. The van der Waals surface area contributed by atoms with E-state index < -0.39 is 11.6 Å². The molecule has 1 amide bonds. The number of halogens is 1. The first kappa shape index (κ1) is 14.3. The van der Waals surface area contributed by atoms with Crippen LogP contribution in [0.3, 0.4) is 0 Å². The Morgan fingerprint density at radius 2 is 2.05 bits per heavy atom. The molecule has 4 nitrogen and oxygen atoms in total. The average Bonchev–Trinajstić information content (AvgIpc) is 2.87. The van der Waals surface area contributed by atoms with Gasteiger partial charge in [0.15, 0.2) is 0 Å². The zero-order chi connectivity index (χ0) is 15.0. The predicted octanol–water partition coefficient (Wildman–Crippen LogP) is 1.81. The molecule has 1 aromatic carbocycles. The van der Waals surface area contributed by atoms with Gasteiger partial charge in [0.25, 0.3) is 5.91 Å². The molecular weight excluding hydrogens is 269 g/mol. The van der Waals surface area contributed by atoms with E-state index in [4.69, 9.17) is 0 Å². The molecule has 2 atom stereocenters. The number of rotatable bonds is 1. The first-order chi connectivity index (χ1) is 10.0. The van der Waals surface area contributed by atoms with Gasteiger partial charge in [0.1, 0.15) is 0 Å². The summed E-state index contributed by atoms with van der Waals surface area (Å²) < 4.78 is 14.9. The Balaban J connectivity index is 2.00. The van der Waals surface area contributed by atoms with Gasteiger partial charge in [-0.2, -0.15) is 0 Å². The molecule has 2 aliphatic heterocycles. The minimum atomic E-state index is -1.77. The molecule has 3 rings (SSSR count). The molecule has 21 heavy (non-hydrogen) atoms. The maximum atomic E-state index is 14.9. The van der Waals surface area contributed by atoms with Gasteiger partial charge in [-0.05, 0) is 24.6 Å². The van der Waals surface area contributed by atoms with E-state index in [1.54, 1.807) is 4.90 Å². The molecule has 1 aromatic rings. The highest BCUT2D eigenvalue weighted by atomic mass is 19.1. The molecule has 0 radical (unpaired) electrons. The third-order valence-corrected chi connectivity index (χ3v) is 4.40. The van der Waals surface area contributed by atoms with Crippen LogP contribution in [0.15, 0.2) is 24.3 Å². The Bertz CT molecular complexity index is 542. The minimum Gasteiger partial charge on any atom is -0.373 e. The fourth-order valence-electron chi connectivity index (χ4n) is 3.33. The number of nitrogens with zero attached hydrogens (tertiary/aromatic N) is 2. The number of carbonyl (C=O) groups excluding carboxylic acids is 1. The maximum Gasteiger partial charge on any atom is 0.266 e. The van der Waals surface area contributed by atoms with E-state index in [1.807, 2.05) is 31.3 Å². The van der Waals surface area contributed by atoms with Crippen molar-refractivity contribution >= 4 is 17.3 Å². The van der Waals surface area contributed by atoms with Gasteiger partial charge in [-0.25, -0.2) is 4.39 Å². The number of anilines is 2. The number of para-hydroxylation sites is 2. The molecule has 5 heteroatoms. The van der Waals surface area contributed by atoms with E-state index in [2.05, 4.69) is 17.1 Å². The van der Waals surface area contributed by atoms with Gasteiger partial charge >= 0.3 is 0 Å². The fraction of sp³-hybridized carbons (Fsp3) is 0.562. The Kier molecular flexibility index (Phi) is 3.61. The molecule has 0 unspecified atom stereocenters. The second-order valence-electron chi connectivity index (χ2n) is 6.28. The third kappa shape index (κ3) is 2.50. The molecular formula is C16H22FN3O. The van der Waals surface area contributed by atoms with E-state index in [0.717, 1.165) is 17.9 Å². The highest BCUT2D eigenvalue weighted by Gasteiger charge is 2.45. The van der Waals surface area contributed by atoms with Crippen molar-refractivity contribution in [3.8, 4) is 0 Å². The van der Waals surface area contributed by atoms with Crippen LogP contribution in [0, 0.1) is 5.92 Å². The van der Waals surface area contributed by atoms with Crippen LogP contribution in [0.1, 0.15) is 13.3 Å². The molecule has 0 aromatic heterocycles. The lowest BCUT2D eigenvalue weighted by Crippen LogP contribution is -2.49. The number of hydrogen-bond donors (Lipinski definition) is 1. The lowest BCUT2D eigenvalue weighted by atomic mass is 10.0. The topological polar surface area (TPSA) is 35.6 Å². The number of hydrogen-bond acceptors (Lipinski definition) is 3. The van der Waals surface area contributed by atoms with Crippen molar-refractivity contribution in [1.82, 2.24) is 5.32 Å². The largest absolute Gasteiger partial charge is 0.373 e. The summed E-state index contributed by atoms with van der Waals surface area (Å²) in [7, 11) is 2.02. The van der Waals surface area contributed by atoms with Gasteiger partial charge in [0.05, 0.1) is 11.4 Å². The van der Waals surface area contributed by atoms with E-state index >= 15 is 0 Å². The van der Waals surface area contributed by atoms with Gasteiger partial charge in [-0.1, -0.05) is 19.1 Å². The van der Waals surface area contributed by atoms with Crippen molar-refractivity contribution in [1.29, 1.82) is 0 Å². The number of carbonyl (C=O) groups is 1. The SMILES string of the molecule is C[C@H]1CN(C)c2ccccc2N(C(=O)[C@]2(F)CCNC2)C1. The van der Waals surface area contributed by atoms with Crippen LogP contribution >= 0.6 is 0 Å². The summed E-state index contributed by atoms with van der Waals surface area (Å²) in [6.45, 7) is 4.20. The van der Waals surface area contributed by atoms with Gasteiger partial charge in [-0.15, -0.1) is 0 Å². The molecule has 2 aliphatic rings. The maximum absolute atomic E-state index is 14.9. The number of amides is 1. The Morgan fingerprint density at radius 1 is 1.33 bits per heavy atom. The zero-order valence-electron chi connectivity index (χ0n) is 12.6. The molecule has 1 N–H and O–H groups in total. The molecule has 2 heterocycles. The summed E-state index contributed by atoms with van der Waals surface area (Å²) in [6.07, 6.45) is 0.259. The van der Waals surface area contributed by atoms with Crippen LogP contribution in [0.2, 0.25) is 0 Å². The smallest absolute Gasteiger partial charge is 0.266 e. The van der Waals surface area contributed by atoms with Gasteiger partial charge in [0.2, 0.25) is 5.67 Å². The van der Waals surface area contributed by atoms with Crippen molar-refractivity contribution in [2.75, 3.05) is 43.0 Å². The van der Waals surface area contributed by atoms with Crippen molar-refractivity contribution in [2.24, 2.45) is 5.92 Å². The Hall–Kier alpha value is -1.62. The summed E-state index contributed by atoms with van der Waals surface area (Å²) >= 11 is 0. The van der Waals surface area contributed by atoms with E-state index in [0.29, 0.717) is 19.0 Å². The molecule has 0 aliphatic carbocycles. The van der Waals surface area contributed by atoms with Crippen LogP contribution in [-0.2, 0) is 4.79 Å². The molecule has 114 valence electrons. The summed E-state index contributed by atoms with van der Waals surface area (Å²) in [6, 6.07) is 7.76. The molecule has 1 saturated heterocycles. The normalized spacial score (nSPS) is 29.2. The third-order valence-electron chi connectivity index (χ3n) is 4.40. The van der Waals surface area contributed by atoms with Crippen molar-refractivity contribution in [3.05, 3.63) is 24.3 Å². The van der Waals surface area contributed by atoms with Gasteiger partial charge in [0, 0.05) is 33.1 Å². The summed E-state index contributed by atoms with van der Waals surface area (Å²) in [5.41, 5.74) is 0.0402. The molecule has 0 bridgehead atoms. The second kappa shape index (κ2) is 5.30. The van der Waals surface area contributed by atoms with E-state index in [1.165, 1.54) is 0 Å². The predicted molar refractivity (Wildman–Crippen MR) is 82.6 cm³/mol. The standard InChI is InChI=1S/C16H22FN3O/c1-12-9-19(2)13-5-3-4-6-14(13)20(10-12)15(21)16(17)7-8-18-11-16/h3-6,12,18H,7-11H2,1-2H3/t12-,16-/m0/s1. The van der Waals surface area contributed by atoms with Crippen LogP contribution in [0.25, 0.3) is 0 Å². The first-order valence-corrected chi connectivity index (χ1v) is 7.53. The number of fused-ring (bicyclic) bond motifs is 1. The van der Waals surface area contributed by atoms with E-state index in [9.17, 15) is 9.18 Å². The molecule has 0 spiro atoms. The molecule has 0 saturated carbocycles. The summed E-state index contributed by atoms with van der Waals surface area (Å²) in [4.78, 5) is 16.6. The van der Waals surface area contributed by atoms with Crippen molar-refractivity contribution < 1.29 is 9.18 Å². The Morgan fingerprint density at radius 3 is 2.71 bits per heavy atom. The van der Waals surface area contributed by atoms with Gasteiger partial charge in [-0.3, -0.25) is 4.79 Å². The van der Waals surface area contributed by atoms with Gasteiger partial charge < -0.3 is 15.1 Å². The Labute approximate surface area is 124 Å². The van der Waals surface area contributed by atoms with Crippen LogP contribution in [0.4, 0.5) is 15.8 Å². The van der Waals surface area contributed by atoms with Crippen LogP contribution in [0.5, 0.6) is 0 Å². The number of nitrogens with one attached hydrogen (secondary N) is 1. The van der Waals surface area contributed by atoms with Crippen LogP contribution < -0.4 is 15.1 Å². The number of alkyl halides is 1. The van der Waals surface area contributed by atoms with E-state index in [-0.39, 0.29) is 13.0 Å². The van der Waals surface area contributed by atoms with Crippen LogP contribution in [-0.4, -0.2) is 44.8 Å². The zero-order valence-corrected chi connectivity index (χ0v) is 12.6. The summed E-state index contributed by atoms with van der Waals surface area (Å²) in [5.74, 6) is -0.105. The lowest BCUT2D eigenvalue weighted by Gasteiger charge is -2.29. The minimum absolute atomic E-state index is 0.120. The first-order valence-electron chi connectivity index (χ1n) is 7.53. The lowest BCUT2D eigenvalue weighted by molar-refractivity contribution is -0.129. The van der Waals surface area contributed by atoms with Crippen molar-refractivity contribution in [3.63, 3.8) is 0 Å². The quantitative estimate of drug-likeness (QED) is 0.857. The highest BCUT2D eigenvalue weighted by Crippen LogP contribution is 2.35. The summed E-state index contributed by atoms with van der Waals surface area (Å²) in [5, 5.41) is 2.96. The fourth-order valence-corrected chi connectivity index (χ4v) is 3.33. The monoisotopic (exact) mass is 291 g/mol. The number of benzene rings is 1. The average molecular weight is 291 g/mol. The second-order valence-corrected chi connectivity index (χ2v) is 6.28.